The first kappa shape index (κ1) is 8.28. The molecule has 0 aromatic carbocycles. The lowest BCUT2D eigenvalue weighted by molar-refractivity contribution is 0.825. The minimum absolute atomic E-state index is 1.000. The minimum atomic E-state index is 1.000. The van der Waals surface area contributed by atoms with Crippen molar-refractivity contribution in [2.45, 2.75) is 20.3 Å². The number of allylic oxidation sites excluding steroid dienone is 1. The average molecular weight is 125 g/mol. The molecule has 9 heavy (non-hydrogen) atoms. The van der Waals surface area contributed by atoms with Crippen LogP contribution in [0.3, 0.4) is 0 Å². The molecule has 0 aliphatic carbocycles. The number of nitrogens with one attached hydrogen (secondary N) is 1. The van der Waals surface area contributed by atoms with Crippen LogP contribution in [-0.4, -0.2) is 6.54 Å². The Balaban J connectivity index is 3.01. The normalized spacial score (nSPS) is 10.0. The number of hydrogen-bond acceptors (Lipinski definition) is 1. The molecule has 0 amide bonds. The smallest absolute Gasteiger partial charge is 0.0178 e. The van der Waals surface area contributed by atoms with Crippen molar-refractivity contribution in [3.05, 3.63) is 24.4 Å². The Bertz CT molecular complexity index is 103. The second kappa shape index (κ2) is 5.42. The highest BCUT2D eigenvalue weighted by Crippen LogP contribution is 1.91. The fraction of sp³-hybridized carbons (Fsp3) is 0.500. The molecule has 0 saturated heterocycles. The molecule has 1 nitrogen and oxygen atoms in total. The van der Waals surface area contributed by atoms with Crippen molar-refractivity contribution in [2.24, 2.45) is 0 Å². The summed E-state index contributed by atoms with van der Waals surface area (Å²) < 4.78 is 0. The molecule has 0 radical (unpaired) electrons. The first-order valence-electron chi connectivity index (χ1n) is 3.26. The van der Waals surface area contributed by atoms with Gasteiger partial charge in [0.15, 0.2) is 0 Å². The van der Waals surface area contributed by atoms with E-state index in [4.69, 9.17) is 0 Å². The van der Waals surface area contributed by atoms with Gasteiger partial charge in [0, 0.05) is 6.54 Å². The molecule has 52 valence electrons. The molecule has 0 saturated carbocycles. The maximum absolute atomic E-state index is 3.79. The van der Waals surface area contributed by atoms with Gasteiger partial charge in [-0.1, -0.05) is 11.6 Å². The molecule has 0 unspecified atom stereocenters. The first-order chi connectivity index (χ1) is 4.27. The molecule has 0 aromatic rings. The van der Waals surface area contributed by atoms with Gasteiger partial charge in [-0.3, -0.25) is 0 Å². The van der Waals surface area contributed by atoms with Gasteiger partial charge < -0.3 is 5.32 Å². The van der Waals surface area contributed by atoms with Crippen molar-refractivity contribution in [1.82, 2.24) is 5.32 Å². The highest BCUT2D eigenvalue weighted by molar-refractivity contribution is 4.89. The zero-order valence-electron chi connectivity index (χ0n) is 6.28. The maximum atomic E-state index is 3.79. The lowest BCUT2D eigenvalue weighted by atomic mass is 10.2. The SMILES string of the molecule is C=C(C)CCN/C=C\C. The third kappa shape index (κ3) is 7.28. The zero-order valence-corrected chi connectivity index (χ0v) is 6.28. The molecule has 0 aliphatic rings. The quantitative estimate of drug-likeness (QED) is 0.448. The van der Waals surface area contributed by atoms with E-state index in [9.17, 15) is 0 Å². The van der Waals surface area contributed by atoms with Crippen LogP contribution in [0.4, 0.5) is 0 Å². The third-order valence-electron chi connectivity index (χ3n) is 0.981. The average Bonchev–Trinajstić information content (AvgIpc) is 1.80. The first-order valence-corrected chi connectivity index (χ1v) is 3.26. The minimum Gasteiger partial charge on any atom is -0.391 e. The fourth-order valence-electron chi connectivity index (χ4n) is 0.487. The Morgan fingerprint density at radius 3 is 2.78 bits per heavy atom. The maximum Gasteiger partial charge on any atom is 0.0178 e. The lowest BCUT2D eigenvalue weighted by Crippen LogP contribution is -2.06. The molecule has 0 bridgehead atoms. The molecule has 0 spiro atoms. The van der Waals surface area contributed by atoms with Crippen LogP contribution in [0.5, 0.6) is 0 Å². The number of hydrogen-bond donors (Lipinski definition) is 1. The molecule has 1 heteroatoms. The highest BCUT2D eigenvalue weighted by Gasteiger charge is 1.81. The Hall–Kier alpha value is -0.720. The lowest BCUT2D eigenvalue weighted by Gasteiger charge is -1.97. The van der Waals surface area contributed by atoms with Crippen LogP contribution in [-0.2, 0) is 0 Å². The van der Waals surface area contributed by atoms with Gasteiger partial charge in [0.25, 0.3) is 0 Å². The van der Waals surface area contributed by atoms with E-state index in [-0.39, 0.29) is 0 Å². The fourth-order valence-corrected chi connectivity index (χ4v) is 0.487. The van der Waals surface area contributed by atoms with Crippen LogP contribution < -0.4 is 5.32 Å². The summed E-state index contributed by atoms with van der Waals surface area (Å²) in [5, 5.41) is 3.12. The molecule has 0 aliphatic heterocycles. The topological polar surface area (TPSA) is 12.0 Å². The van der Waals surface area contributed by atoms with Gasteiger partial charge in [0.1, 0.15) is 0 Å². The van der Waals surface area contributed by atoms with Crippen molar-refractivity contribution in [1.29, 1.82) is 0 Å². The molecule has 0 aromatic heterocycles. The third-order valence-corrected chi connectivity index (χ3v) is 0.981. The van der Waals surface area contributed by atoms with E-state index in [2.05, 4.69) is 11.9 Å². The van der Waals surface area contributed by atoms with Crippen molar-refractivity contribution >= 4 is 0 Å². The molecular weight excluding hydrogens is 110 g/mol. The van der Waals surface area contributed by atoms with Gasteiger partial charge in [0.2, 0.25) is 0 Å². The summed E-state index contributed by atoms with van der Waals surface area (Å²) in [7, 11) is 0. The van der Waals surface area contributed by atoms with E-state index in [0.29, 0.717) is 0 Å². The Morgan fingerprint density at radius 1 is 1.67 bits per heavy atom. The molecule has 0 fully saturated rings. The summed E-state index contributed by atoms with van der Waals surface area (Å²) in [5.41, 5.74) is 1.23. The number of rotatable bonds is 4. The van der Waals surface area contributed by atoms with E-state index in [1.54, 1.807) is 0 Å². The second-order valence-electron chi connectivity index (χ2n) is 2.16. The van der Waals surface area contributed by atoms with Crippen LogP contribution in [0.2, 0.25) is 0 Å². The van der Waals surface area contributed by atoms with Gasteiger partial charge in [-0.25, -0.2) is 0 Å². The van der Waals surface area contributed by atoms with Crippen LogP contribution in [0, 0.1) is 0 Å². The van der Waals surface area contributed by atoms with E-state index >= 15 is 0 Å². The van der Waals surface area contributed by atoms with Crippen LogP contribution >= 0.6 is 0 Å². The van der Waals surface area contributed by atoms with Gasteiger partial charge in [-0.15, -0.1) is 6.58 Å². The van der Waals surface area contributed by atoms with Gasteiger partial charge in [0.05, 0.1) is 0 Å². The summed E-state index contributed by atoms with van der Waals surface area (Å²) in [6.07, 6.45) is 4.99. The summed E-state index contributed by atoms with van der Waals surface area (Å²) in [5.74, 6) is 0. The van der Waals surface area contributed by atoms with E-state index in [1.807, 2.05) is 26.1 Å². The van der Waals surface area contributed by atoms with Crippen molar-refractivity contribution in [2.75, 3.05) is 6.54 Å². The monoisotopic (exact) mass is 125 g/mol. The second-order valence-corrected chi connectivity index (χ2v) is 2.16. The largest absolute Gasteiger partial charge is 0.391 e. The standard InChI is InChI=1S/C8H15N/c1-4-6-9-7-5-8(2)3/h4,6,9H,2,5,7H2,1,3H3/b6-4-. The van der Waals surface area contributed by atoms with Crippen LogP contribution in [0.25, 0.3) is 0 Å². The van der Waals surface area contributed by atoms with Crippen molar-refractivity contribution in [3.8, 4) is 0 Å². The zero-order chi connectivity index (χ0) is 7.11. The van der Waals surface area contributed by atoms with Gasteiger partial charge in [-0.2, -0.15) is 0 Å². The molecule has 0 rings (SSSR count). The van der Waals surface area contributed by atoms with Gasteiger partial charge >= 0.3 is 0 Å². The van der Waals surface area contributed by atoms with E-state index in [0.717, 1.165) is 13.0 Å². The summed E-state index contributed by atoms with van der Waals surface area (Å²) in [6.45, 7) is 8.82. The highest BCUT2D eigenvalue weighted by atomic mass is 14.8. The summed E-state index contributed by atoms with van der Waals surface area (Å²) >= 11 is 0. The predicted octanol–water partition coefficient (Wildman–Crippen LogP) is 2.08. The Labute approximate surface area is 57.5 Å². The Kier molecular flexibility index (Phi) is 4.98. The molecule has 1 N–H and O–H groups in total. The predicted molar refractivity (Wildman–Crippen MR) is 42.2 cm³/mol. The van der Waals surface area contributed by atoms with Crippen LogP contribution in [0.15, 0.2) is 24.4 Å². The summed E-state index contributed by atoms with van der Waals surface area (Å²) in [4.78, 5) is 0. The van der Waals surface area contributed by atoms with E-state index < -0.39 is 0 Å². The molecule has 0 atom stereocenters. The summed E-state index contributed by atoms with van der Waals surface area (Å²) in [6, 6.07) is 0. The van der Waals surface area contributed by atoms with Gasteiger partial charge in [-0.05, 0) is 26.5 Å². The molecular formula is C8H15N. The van der Waals surface area contributed by atoms with Crippen molar-refractivity contribution < 1.29 is 0 Å². The van der Waals surface area contributed by atoms with Crippen molar-refractivity contribution in [3.63, 3.8) is 0 Å². The Morgan fingerprint density at radius 2 is 2.33 bits per heavy atom. The van der Waals surface area contributed by atoms with Crippen LogP contribution in [0.1, 0.15) is 20.3 Å². The van der Waals surface area contributed by atoms with E-state index in [1.165, 1.54) is 5.57 Å². The molecule has 0 heterocycles.